The summed E-state index contributed by atoms with van der Waals surface area (Å²) in [4.78, 5) is 0. The van der Waals surface area contributed by atoms with Crippen LogP contribution in [0.2, 0.25) is 10.0 Å². The van der Waals surface area contributed by atoms with Gasteiger partial charge in [-0.15, -0.1) is 0 Å². The molecule has 0 saturated carbocycles. The molecule has 0 aromatic heterocycles. The lowest BCUT2D eigenvalue weighted by Gasteiger charge is -2.16. The second-order valence-corrected chi connectivity index (χ2v) is 4.26. The monoisotopic (exact) mass is 248 g/mol. The van der Waals surface area contributed by atoms with Gasteiger partial charge < -0.3 is 9.47 Å². The Balaban J connectivity index is 3.44. The summed E-state index contributed by atoms with van der Waals surface area (Å²) in [7, 11) is 3.11. The van der Waals surface area contributed by atoms with Crippen LogP contribution in [0.15, 0.2) is 6.07 Å². The quantitative estimate of drug-likeness (QED) is 0.801. The fourth-order valence-electron chi connectivity index (χ4n) is 1.46. The van der Waals surface area contributed by atoms with Gasteiger partial charge in [0.15, 0.2) is 11.5 Å². The Bertz CT molecular complexity index is 362. The summed E-state index contributed by atoms with van der Waals surface area (Å²) in [5.41, 5.74) is 0.885. The molecule has 0 bridgehead atoms. The smallest absolute Gasteiger partial charge is 0.179 e. The third-order valence-corrected chi connectivity index (χ3v) is 2.86. The molecule has 1 aromatic rings. The maximum absolute atomic E-state index is 6.20. The summed E-state index contributed by atoms with van der Waals surface area (Å²) < 4.78 is 10.3. The minimum absolute atomic E-state index is 0.241. The zero-order chi connectivity index (χ0) is 11.6. The van der Waals surface area contributed by atoms with Crippen molar-refractivity contribution < 1.29 is 9.47 Å². The Hall–Kier alpha value is -0.600. The van der Waals surface area contributed by atoms with E-state index in [1.165, 1.54) is 0 Å². The molecule has 0 radical (unpaired) electrons. The molecule has 2 nitrogen and oxygen atoms in total. The molecule has 0 aliphatic heterocycles. The molecule has 0 N–H and O–H groups in total. The molecule has 0 unspecified atom stereocenters. The van der Waals surface area contributed by atoms with Crippen molar-refractivity contribution in [2.75, 3.05) is 14.2 Å². The van der Waals surface area contributed by atoms with Crippen LogP contribution in [-0.2, 0) is 0 Å². The first-order valence-corrected chi connectivity index (χ1v) is 5.38. The first kappa shape index (κ1) is 12.5. The molecule has 0 spiro atoms. The van der Waals surface area contributed by atoms with Gasteiger partial charge in [-0.2, -0.15) is 0 Å². The van der Waals surface area contributed by atoms with E-state index in [4.69, 9.17) is 32.7 Å². The zero-order valence-corrected chi connectivity index (χ0v) is 10.7. The SMILES string of the molecule is COc1cc(Cl)c(C(C)C)c(Cl)c1OC. The van der Waals surface area contributed by atoms with Crippen LogP contribution in [0.1, 0.15) is 25.3 Å². The molecule has 84 valence electrons. The molecular weight excluding hydrogens is 235 g/mol. The standard InChI is InChI=1S/C11H14Cl2O2/c1-6(2)9-7(12)5-8(14-3)11(15-4)10(9)13/h5-6H,1-4H3. The Morgan fingerprint density at radius 3 is 2.13 bits per heavy atom. The van der Waals surface area contributed by atoms with Gasteiger partial charge in [0.25, 0.3) is 0 Å². The second-order valence-electron chi connectivity index (χ2n) is 3.48. The summed E-state index contributed by atoms with van der Waals surface area (Å²) in [6, 6.07) is 1.72. The van der Waals surface area contributed by atoms with Gasteiger partial charge in [-0.25, -0.2) is 0 Å². The van der Waals surface area contributed by atoms with E-state index >= 15 is 0 Å². The number of ether oxygens (including phenoxy) is 2. The van der Waals surface area contributed by atoms with Crippen LogP contribution in [0.4, 0.5) is 0 Å². The van der Waals surface area contributed by atoms with Gasteiger partial charge in [-0.3, -0.25) is 0 Å². The molecule has 0 saturated heterocycles. The topological polar surface area (TPSA) is 18.5 Å². The minimum Gasteiger partial charge on any atom is -0.493 e. The van der Waals surface area contributed by atoms with Gasteiger partial charge in [-0.1, -0.05) is 37.0 Å². The molecule has 1 aromatic carbocycles. The van der Waals surface area contributed by atoms with Gasteiger partial charge >= 0.3 is 0 Å². The normalized spacial score (nSPS) is 10.6. The van der Waals surface area contributed by atoms with Crippen LogP contribution in [0.3, 0.4) is 0 Å². The van der Waals surface area contributed by atoms with Crippen molar-refractivity contribution in [3.05, 3.63) is 21.7 Å². The highest BCUT2D eigenvalue weighted by atomic mass is 35.5. The summed E-state index contributed by atoms with van der Waals surface area (Å²) in [5, 5.41) is 1.13. The highest BCUT2D eigenvalue weighted by molar-refractivity contribution is 6.37. The Kier molecular flexibility index (Phi) is 4.12. The molecular formula is C11H14Cl2O2. The zero-order valence-electron chi connectivity index (χ0n) is 9.23. The van der Waals surface area contributed by atoms with Gasteiger partial charge in [0.2, 0.25) is 0 Å². The Labute approximate surface area is 100 Å². The Morgan fingerprint density at radius 1 is 1.13 bits per heavy atom. The van der Waals surface area contributed by atoms with Crippen LogP contribution < -0.4 is 9.47 Å². The summed E-state index contributed by atoms with van der Waals surface area (Å²) >= 11 is 12.3. The fraction of sp³-hybridized carbons (Fsp3) is 0.455. The van der Waals surface area contributed by atoms with Gasteiger partial charge in [0, 0.05) is 11.1 Å². The molecule has 0 amide bonds. The maximum atomic E-state index is 6.20. The predicted molar refractivity (Wildman–Crippen MR) is 63.7 cm³/mol. The van der Waals surface area contributed by atoms with Gasteiger partial charge in [0.05, 0.1) is 19.2 Å². The lowest BCUT2D eigenvalue weighted by Crippen LogP contribution is -1.97. The molecule has 0 aliphatic rings. The summed E-state index contributed by atoms with van der Waals surface area (Å²) in [5.74, 6) is 1.33. The largest absolute Gasteiger partial charge is 0.493 e. The van der Waals surface area contributed by atoms with Crippen molar-refractivity contribution in [3.63, 3.8) is 0 Å². The third kappa shape index (κ3) is 2.32. The van der Waals surface area contributed by atoms with E-state index in [2.05, 4.69) is 0 Å². The minimum atomic E-state index is 0.241. The lowest BCUT2D eigenvalue weighted by atomic mass is 10.0. The Morgan fingerprint density at radius 2 is 1.73 bits per heavy atom. The maximum Gasteiger partial charge on any atom is 0.179 e. The van der Waals surface area contributed by atoms with E-state index in [9.17, 15) is 0 Å². The van der Waals surface area contributed by atoms with Gasteiger partial charge in [-0.05, 0) is 11.5 Å². The number of hydrogen-bond acceptors (Lipinski definition) is 2. The molecule has 4 heteroatoms. The summed E-state index contributed by atoms with van der Waals surface area (Å²) in [6.07, 6.45) is 0. The molecule has 0 atom stereocenters. The first-order chi connectivity index (χ1) is 7.02. The molecule has 0 fully saturated rings. The van der Waals surface area contributed by atoms with E-state index in [0.717, 1.165) is 5.56 Å². The summed E-state index contributed by atoms with van der Waals surface area (Å²) in [6.45, 7) is 4.05. The highest BCUT2D eigenvalue weighted by Crippen LogP contribution is 2.44. The average molecular weight is 249 g/mol. The highest BCUT2D eigenvalue weighted by Gasteiger charge is 2.19. The van der Waals surface area contributed by atoms with Crippen molar-refractivity contribution >= 4 is 23.2 Å². The van der Waals surface area contributed by atoms with Crippen LogP contribution in [-0.4, -0.2) is 14.2 Å². The predicted octanol–water partition coefficient (Wildman–Crippen LogP) is 4.13. The number of hydrogen-bond donors (Lipinski definition) is 0. The molecule has 0 aliphatic carbocycles. The first-order valence-electron chi connectivity index (χ1n) is 4.62. The van der Waals surface area contributed by atoms with Crippen molar-refractivity contribution in [2.24, 2.45) is 0 Å². The third-order valence-electron chi connectivity index (χ3n) is 2.18. The number of methoxy groups -OCH3 is 2. The molecule has 15 heavy (non-hydrogen) atoms. The van der Waals surface area contributed by atoms with Crippen LogP contribution >= 0.6 is 23.2 Å². The average Bonchev–Trinajstić information content (AvgIpc) is 2.16. The van der Waals surface area contributed by atoms with Crippen molar-refractivity contribution in [3.8, 4) is 11.5 Å². The second kappa shape index (κ2) is 4.95. The van der Waals surface area contributed by atoms with E-state index < -0.39 is 0 Å². The fourth-order valence-corrected chi connectivity index (χ4v) is 2.42. The van der Waals surface area contributed by atoms with Crippen molar-refractivity contribution in [1.29, 1.82) is 0 Å². The molecule has 1 rings (SSSR count). The van der Waals surface area contributed by atoms with Crippen LogP contribution in [0, 0.1) is 0 Å². The van der Waals surface area contributed by atoms with Crippen molar-refractivity contribution in [2.45, 2.75) is 19.8 Å². The number of benzene rings is 1. The van der Waals surface area contributed by atoms with Crippen molar-refractivity contribution in [1.82, 2.24) is 0 Å². The van der Waals surface area contributed by atoms with Crippen LogP contribution in [0.25, 0.3) is 0 Å². The van der Waals surface area contributed by atoms with E-state index in [1.54, 1.807) is 20.3 Å². The number of rotatable bonds is 3. The lowest BCUT2D eigenvalue weighted by molar-refractivity contribution is 0.354. The van der Waals surface area contributed by atoms with E-state index in [-0.39, 0.29) is 5.92 Å². The van der Waals surface area contributed by atoms with E-state index in [0.29, 0.717) is 21.5 Å². The van der Waals surface area contributed by atoms with E-state index in [1.807, 2.05) is 13.8 Å². The molecule has 0 heterocycles. The van der Waals surface area contributed by atoms with Crippen LogP contribution in [0.5, 0.6) is 11.5 Å². The van der Waals surface area contributed by atoms with Gasteiger partial charge in [0.1, 0.15) is 0 Å². The number of halogens is 2.